The van der Waals surface area contributed by atoms with E-state index in [1.54, 1.807) is 13.0 Å². The quantitative estimate of drug-likeness (QED) is 0.164. The molecule has 0 aromatic heterocycles. The van der Waals surface area contributed by atoms with Crippen molar-refractivity contribution in [3.63, 3.8) is 0 Å². The fraction of sp³-hybridized carbons (Fsp3) is 0.286. The molecule has 0 unspecified atom stereocenters. The number of aliphatic carboxylic acids is 1. The van der Waals surface area contributed by atoms with Gasteiger partial charge in [0.15, 0.2) is 11.5 Å². The molecule has 0 heterocycles. The predicted octanol–water partition coefficient (Wildman–Crippen LogP) is 3.99. The maximum atomic E-state index is 10.7. The number of aliphatic hydroxyl groups excluding tert-OH is 1. The Morgan fingerprint density at radius 3 is 2.43 bits per heavy atom. The van der Waals surface area contributed by atoms with E-state index in [0.717, 1.165) is 24.1 Å². The fourth-order valence-corrected chi connectivity index (χ4v) is 3.15. The molecule has 0 saturated heterocycles. The highest BCUT2D eigenvalue weighted by atomic mass is 16.5. The van der Waals surface area contributed by atoms with E-state index < -0.39 is 11.7 Å². The summed E-state index contributed by atoms with van der Waals surface area (Å²) < 4.78 is 5.13. The van der Waals surface area contributed by atoms with E-state index in [9.17, 15) is 25.2 Å². The first kappa shape index (κ1) is 21.0. The van der Waals surface area contributed by atoms with Crippen molar-refractivity contribution in [3.8, 4) is 17.2 Å². The van der Waals surface area contributed by atoms with Crippen LogP contribution in [-0.2, 0) is 9.53 Å². The maximum absolute atomic E-state index is 10.7. The molecule has 1 aliphatic rings. The monoisotopic (exact) mass is 388 g/mol. The summed E-state index contributed by atoms with van der Waals surface area (Å²) in [6.45, 7) is 1.80. The van der Waals surface area contributed by atoms with E-state index in [1.165, 1.54) is 19.3 Å². The van der Waals surface area contributed by atoms with Gasteiger partial charge in [-0.15, -0.1) is 0 Å². The van der Waals surface area contributed by atoms with Gasteiger partial charge in [0.2, 0.25) is 0 Å². The molecule has 0 radical (unpaired) electrons. The van der Waals surface area contributed by atoms with E-state index >= 15 is 0 Å². The Morgan fingerprint density at radius 2 is 1.79 bits per heavy atom. The second-order valence-electron chi connectivity index (χ2n) is 6.55. The Labute approximate surface area is 162 Å². The molecule has 28 heavy (non-hydrogen) atoms. The van der Waals surface area contributed by atoms with E-state index in [2.05, 4.69) is 0 Å². The van der Waals surface area contributed by atoms with Gasteiger partial charge in [0, 0.05) is 29.2 Å². The lowest BCUT2D eigenvalue weighted by atomic mass is 9.84. The van der Waals surface area contributed by atoms with Crippen LogP contribution in [0.2, 0.25) is 0 Å². The minimum atomic E-state index is -1.08. The summed E-state index contributed by atoms with van der Waals surface area (Å²) in [4.78, 5) is 10.6. The van der Waals surface area contributed by atoms with Crippen LogP contribution in [0.15, 0.2) is 53.5 Å². The van der Waals surface area contributed by atoms with Gasteiger partial charge in [-0.3, -0.25) is 0 Å². The Hall–Kier alpha value is -3.35. The van der Waals surface area contributed by atoms with Crippen LogP contribution >= 0.6 is 0 Å². The van der Waals surface area contributed by atoms with Gasteiger partial charge < -0.3 is 30.3 Å². The van der Waals surface area contributed by atoms with E-state index in [-0.39, 0.29) is 28.7 Å². The van der Waals surface area contributed by atoms with E-state index in [4.69, 9.17) is 9.84 Å². The SMILES string of the molecule is COC(=C\C(C)=C\[C@H]1CCCC(c2cc(O)c(O)cc2O)=C1O)/C=C/C(=O)O. The third-order valence-electron chi connectivity index (χ3n) is 4.48. The maximum Gasteiger partial charge on any atom is 0.328 e. The van der Waals surface area contributed by atoms with Gasteiger partial charge in [-0.1, -0.05) is 11.6 Å². The van der Waals surface area contributed by atoms with Crippen molar-refractivity contribution < 1.29 is 35.1 Å². The molecule has 0 aliphatic heterocycles. The van der Waals surface area contributed by atoms with Crippen molar-refractivity contribution in [2.24, 2.45) is 5.92 Å². The number of aromatic hydroxyl groups is 3. The lowest BCUT2D eigenvalue weighted by Crippen LogP contribution is -2.10. The number of carboxylic acids is 1. The van der Waals surface area contributed by atoms with Crippen LogP contribution in [0.3, 0.4) is 0 Å². The van der Waals surface area contributed by atoms with Crippen LogP contribution in [-0.4, -0.2) is 38.6 Å². The third-order valence-corrected chi connectivity index (χ3v) is 4.48. The zero-order valence-electron chi connectivity index (χ0n) is 15.7. The molecule has 1 aromatic rings. The summed E-state index contributed by atoms with van der Waals surface area (Å²) in [5, 5.41) is 48.7. The minimum Gasteiger partial charge on any atom is -0.511 e. The normalized spacial score (nSPS) is 18.6. The molecule has 7 nitrogen and oxygen atoms in total. The topological polar surface area (TPSA) is 127 Å². The molecule has 150 valence electrons. The lowest BCUT2D eigenvalue weighted by Gasteiger charge is -2.24. The third kappa shape index (κ3) is 5.09. The van der Waals surface area contributed by atoms with E-state index in [0.29, 0.717) is 24.2 Å². The highest BCUT2D eigenvalue weighted by molar-refractivity contribution is 5.80. The molecular weight excluding hydrogens is 364 g/mol. The van der Waals surface area contributed by atoms with Crippen molar-refractivity contribution in [3.05, 3.63) is 59.1 Å². The number of methoxy groups -OCH3 is 1. The van der Waals surface area contributed by atoms with Gasteiger partial charge in [-0.05, 0) is 44.4 Å². The first-order valence-corrected chi connectivity index (χ1v) is 8.75. The van der Waals surface area contributed by atoms with Crippen LogP contribution in [0, 0.1) is 5.92 Å². The number of ether oxygens (including phenoxy) is 1. The average Bonchev–Trinajstić information content (AvgIpc) is 2.63. The smallest absolute Gasteiger partial charge is 0.328 e. The Bertz CT molecular complexity index is 875. The second-order valence-corrected chi connectivity index (χ2v) is 6.55. The first-order chi connectivity index (χ1) is 13.2. The molecule has 0 fully saturated rings. The van der Waals surface area contributed by atoms with Gasteiger partial charge in [0.1, 0.15) is 17.3 Å². The molecule has 1 aromatic carbocycles. The number of benzene rings is 1. The van der Waals surface area contributed by atoms with Gasteiger partial charge in [0.25, 0.3) is 0 Å². The summed E-state index contributed by atoms with van der Waals surface area (Å²) in [5.74, 6) is -1.98. The van der Waals surface area contributed by atoms with Crippen molar-refractivity contribution >= 4 is 11.5 Å². The zero-order chi connectivity index (χ0) is 20.8. The molecule has 0 saturated carbocycles. The van der Waals surface area contributed by atoms with E-state index in [1.807, 2.05) is 6.08 Å². The summed E-state index contributed by atoms with van der Waals surface area (Å²) in [6.07, 6.45) is 7.77. The van der Waals surface area contributed by atoms with Crippen molar-refractivity contribution in [2.45, 2.75) is 26.2 Å². The number of carbonyl (C=O) groups is 1. The predicted molar refractivity (Wildman–Crippen MR) is 104 cm³/mol. The fourth-order valence-electron chi connectivity index (χ4n) is 3.15. The van der Waals surface area contributed by atoms with Crippen LogP contribution in [0.4, 0.5) is 0 Å². The second kappa shape index (κ2) is 9.03. The van der Waals surface area contributed by atoms with Crippen LogP contribution in [0.1, 0.15) is 31.7 Å². The molecule has 0 amide bonds. The summed E-state index contributed by atoms with van der Waals surface area (Å²) >= 11 is 0. The first-order valence-electron chi connectivity index (χ1n) is 8.75. The van der Waals surface area contributed by atoms with Crippen LogP contribution < -0.4 is 0 Å². The van der Waals surface area contributed by atoms with Crippen molar-refractivity contribution in [2.75, 3.05) is 7.11 Å². The molecule has 7 heteroatoms. The standard InChI is InChI=1S/C21H24O7/c1-12(9-14(28-2)6-7-20(25)26)8-13-4-3-5-15(21(13)27)16-10-18(23)19(24)11-17(16)22/h6-11,13,22-24,27H,3-5H2,1-2H3,(H,25,26)/b7-6+,12-8+,14-9-/t13-/m1/s1. The number of phenolic OH excluding ortho intramolecular Hbond substituents is 3. The number of hydrogen-bond donors (Lipinski definition) is 5. The molecule has 0 spiro atoms. The van der Waals surface area contributed by atoms with Gasteiger partial charge >= 0.3 is 5.97 Å². The molecule has 1 aliphatic carbocycles. The van der Waals surface area contributed by atoms with Gasteiger partial charge in [-0.2, -0.15) is 0 Å². The number of phenols is 3. The van der Waals surface area contributed by atoms with Crippen LogP contribution in [0.5, 0.6) is 17.2 Å². The van der Waals surface area contributed by atoms with Crippen molar-refractivity contribution in [1.29, 1.82) is 0 Å². The number of rotatable bonds is 6. The molecule has 0 bridgehead atoms. The number of hydrogen-bond acceptors (Lipinski definition) is 6. The van der Waals surface area contributed by atoms with Gasteiger partial charge in [-0.25, -0.2) is 4.79 Å². The summed E-state index contributed by atoms with van der Waals surface area (Å²) in [6, 6.07) is 2.27. The Balaban J connectivity index is 2.36. The summed E-state index contributed by atoms with van der Waals surface area (Å²) in [7, 11) is 1.43. The Kier molecular flexibility index (Phi) is 6.76. The van der Waals surface area contributed by atoms with Crippen molar-refractivity contribution in [1.82, 2.24) is 0 Å². The Morgan fingerprint density at radius 1 is 1.11 bits per heavy atom. The van der Waals surface area contributed by atoms with Crippen LogP contribution in [0.25, 0.3) is 5.57 Å². The highest BCUT2D eigenvalue weighted by Crippen LogP contribution is 2.42. The lowest BCUT2D eigenvalue weighted by molar-refractivity contribution is -0.131. The minimum absolute atomic E-state index is 0.0828. The van der Waals surface area contributed by atoms with Gasteiger partial charge in [0.05, 0.1) is 7.11 Å². The molecule has 5 N–H and O–H groups in total. The zero-order valence-corrected chi connectivity index (χ0v) is 15.7. The summed E-state index contributed by atoms with van der Waals surface area (Å²) in [5.41, 5.74) is 1.55. The number of carboxylic acid groups (broad SMARTS) is 1. The molecular formula is C21H24O7. The number of aliphatic hydroxyl groups is 1. The average molecular weight is 388 g/mol. The largest absolute Gasteiger partial charge is 0.511 e. The molecule has 2 rings (SSSR count). The molecule has 1 atom stereocenters. The number of allylic oxidation sites excluding steroid dienone is 5. The highest BCUT2D eigenvalue weighted by Gasteiger charge is 2.24.